The Morgan fingerprint density at radius 1 is 1.03 bits per heavy atom. The van der Waals surface area contributed by atoms with Gasteiger partial charge in [0.05, 0.1) is 0 Å². The van der Waals surface area contributed by atoms with Gasteiger partial charge in [-0.2, -0.15) is 0 Å². The van der Waals surface area contributed by atoms with Gasteiger partial charge >= 0.3 is 0 Å². The van der Waals surface area contributed by atoms with Crippen LogP contribution < -0.4 is 0 Å². The molecule has 7 rings (SSSR count). The minimum Gasteiger partial charge on any atom is -0.358 e. The average Bonchev–Trinajstić information content (AvgIpc) is 3.03. The van der Waals surface area contributed by atoms with Crippen molar-refractivity contribution in [1.29, 1.82) is 0 Å². The first-order chi connectivity index (χ1) is 14.5. The van der Waals surface area contributed by atoms with Crippen molar-refractivity contribution in [2.75, 3.05) is 13.1 Å². The Balaban J connectivity index is 1.12. The first-order valence-corrected chi connectivity index (χ1v) is 12.3. The highest BCUT2D eigenvalue weighted by molar-refractivity contribution is 5.85. The van der Waals surface area contributed by atoms with Crippen LogP contribution in [-0.4, -0.2) is 28.9 Å². The monoisotopic (exact) mass is 404 g/mol. The molecule has 4 saturated carbocycles. The fourth-order valence-electron chi connectivity index (χ4n) is 8.23. The molecule has 4 bridgehead atoms. The molecule has 5 aliphatic rings. The van der Waals surface area contributed by atoms with Gasteiger partial charge in [-0.15, -0.1) is 0 Å². The summed E-state index contributed by atoms with van der Waals surface area (Å²) in [5.74, 6) is 3.82. The zero-order chi connectivity index (χ0) is 20.5. The van der Waals surface area contributed by atoms with E-state index < -0.39 is 0 Å². The molecule has 30 heavy (non-hydrogen) atoms. The number of piperidine rings is 1. The molecular formula is C27H36N2O. The molecule has 2 heterocycles. The fourth-order valence-corrected chi connectivity index (χ4v) is 8.23. The number of aromatic nitrogens is 1. The van der Waals surface area contributed by atoms with Crippen LogP contribution in [0.25, 0.3) is 10.9 Å². The standard InChI is InChI=1S/C27H36N2O/c1-17-3-4-24-23(9-17)18(2)26(28-24)22-5-7-29(8-6-22)25(30)16-27-13-19-10-20(14-27)12-21(11-19)15-27/h3-4,9,19-22,28H,5-8,10-16H2,1-2H3. The molecule has 1 aromatic carbocycles. The number of fused-ring (bicyclic) bond motifs is 1. The van der Waals surface area contributed by atoms with Crippen LogP contribution in [0, 0.1) is 37.0 Å². The highest BCUT2D eigenvalue weighted by Crippen LogP contribution is 2.61. The third-order valence-corrected chi connectivity index (χ3v) is 9.20. The van der Waals surface area contributed by atoms with Crippen molar-refractivity contribution in [2.45, 2.75) is 77.6 Å². The van der Waals surface area contributed by atoms with E-state index in [1.54, 1.807) is 0 Å². The molecule has 5 fully saturated rings. The van der Waals surface area contributed by atoms with Crippen molar-refractivity contribution in [1.82, 2.24) is 9.88 Å². The van der Waals surface area contributed by atoms with Crippen molar-refractivity contribution in [3.63, 3.8) is 0 Å². The number of aromatic amines is 1. The lowest BCUT2D eigenvalue weighted by Crippen LogP contribution is -2.49. The summed E-state index contributed by atoms with van der Waals surface area (Å²) in [6.45, 7) is 6.30. The van der Waals surface area contributed by atoms with E-state index in [4.69, 9.17) is 0 Å². The largest absolute Gasteiger partial charge is 0.358 e. The van der Waals surface area contributed by atoms with E-state index in [9.17, 15) is 4.79 Å². The molecule has 4 aliphatic carbocycles. The molecule has 0 spiro atoms. The van der Waals surface area contributed by atoms with Crippen LogP contribution in [0.2, 0.25) is 0 Å². The number of nitrogens with zero attached hydrogens (tertiary/aromatic N) is 1. The maximum atomic E-state index is 13.3. The third kappa shape index (κ3) is 3.11. The Morgan fingerprint density at radius 2 is 1.67 bits per heavy atom. The van der Waals surface area contributed by atoms with Crippen LogP contribution in [0.1, 0.15) is 80.5 Å². The second-order valence-electron chi connectivity index (χ2n) is 11.5. The second kappa shape index (κ2) is 6.87. The van der Waals surface area contributed by atoms with Gasteiger partial charge in [-0.3, -0.25) is 4.79 Å². The van der Waals surface area contributed by atoms with Crippen LogP contribution in [0.4, 0.5) is 0 Å². The van der Waals surface area contributed by atoms with E-state index in [1.165, 1.54) is 66.2 Å². The van der Waals surface area contributed by atoms with E-state index in [-0.39, 0.29) is 0 Å². The number of amides is 1. The lowest BCUT2D eigenvalue weighted by molar-refractivity contribution is -0.140. The van der Waals surface area contributed by atoms with Crippen molar-refractivity contribution in [2.24, 2.45) is 23.2 Å². The molecule has 0 radical (unpaired) electrons. The van der Waals surface area contributed by atoms with Gasteiger partial charge in [0.25, 0.3) is 0 Å². The predicted octanol–water partition coefficient (Wildman–Crippen LogP) is 6.10. The Labute approximate surface area is 180 Å². The maximum Gasteiger partial charge on any atom is 0.223 e. The molecule has 0 atom stereocenters. The van der Waals surface area contributed by atoms with Gasteiger partial charge in [0, 0.05) is 42.0 Å². The average molecular weight is 405 g/mol. The molecule has 1 aromatic heterocycles. The van der Waals surface area contributed by atoms with Crippen LogP contribution >= 0.6 is 0 Å². The van der Waals surface area contributed by atoms with Gasteiger partial charge in [-0.05, 0) is 106 Å². The van der Waals surface area contributed by atoms with E-state index in [0.29, 0.717) is 17.2 Å². The zero-order valence-electron chi connectivity index (χ0n) is 18.7. The van der Waals surface area contributed by atoms with Crippen molar-refractivity contribution < 1.29 is 4.79 Å². The summed E-state index contributed by atoms with van der Waals surface area (Å²) < 4.78 is 0. The van der Waals surface area contributed by atoms with Gasteiger partial charge in [-0.1, -0.05) is 11.6 Å². The molecule has 1 N–H and O–H groups in total. The number of benzene rings is 1. The molecule has 0 unspecified atom stereocenters. The van der Waals surface area contributed by atoms with Gasteiger partial charge < -0.3 is 9.88 Å². The second-order valence-corrected chi connectivity index (χ2v) is 11.5. The fraction of sp³-hybridized carbons (Fsp3) is 0.667. The van der Waals surface area contributed by atoms with Gasteiger partial charge in [0.2, 0.25) is 5.91 Å². The quantitative estimate of drug-likeness (QED) is 0.659. The summed E-state index contributed by atoms with van der Waals surface area (Å²) in [5.41, 5.74) is 5.76. The highest BCUT2D eigenvalue weighted by Gasteiger charge is 2.51. The van der Waals surface area contributed by atoms with Crippen molar-refractivity contribution in [3.8, 4) is 0 Å². The van der Waals surface area contributed by atoms with Gasteiger partial charge in [-0.25, -0.2) is 0 Å². The maximum absolute atomic E-state index is 13.3. The Bertz CT molecular complexity index is 943. The number of aryl methyl sites for hydroxylation is 2. The number of carbonyl (C=O) groups is 1. The summed E-state index contributed by atoms with van der Waals surface area (Å²) in [6.07, 6.45) is 11.4. The number of H-pyrrole nitrogens is 1. The molecule has 1 amide bonds. The lowest BCUT2D eigenvalue weighted by atomic mass is 9.49. The molecule has 1 aliphatic heterocycles. The van der Waals surface area contributed by atoms with E-state index in [2.05, 4.69) is 41.9 Å². The van der Waals surface area contributed by atoms with Crippen molar-refractivity contribution >= 4 is 16.8 Å². The summed E-state index contributed by atoms with van der Waals surface area (Å²) in [4.78, 5) is 19.2. The van der Waals surface area contributed by atoms with Gasteiger partial charge in [0.1, 0.15) is 0 Å². The van der Waals surface area contributed by atoms with E-state index in [1.807, 2.05) is 0 Å². The molecular weight excluding hydrogens is 368 g/mol. The summed E-state index contributed by atoms with van der Waals surface area (Å²) in [6, 6.07) is 6.70. The van der Waals surface area contributed by atoms with Gasteiger partial charge in [0.15, 0.2) is 0 Å². The topological polar surface area (TPSA) is 36.1 Å². The Morgan fingerprint density at radius 3 is 2.30 bits per heavy atom. The molecule has 1 saturated heterocycles. The first-order valence-electron chi connectivity index (χ1n) is 12.3. The number of rotatable bonds is 3. The number of likely N-dealkylation sites (tertiary alicyclic amines) is 1. The molecule has 2 aromatic rings. The number of carbonyl (C=O) groups excluding carboxylic acids is 1. The minimum atomic E-state index is 0.369. The molecule has 3 heteroatoms. The minimum absolute atomic E-state index is 0.369. The smallest absolute Gasteiger partial charge is 0.223 e. The van der Waals surface area contributed by atoms with Crippen LogP contribution in [-0.2, 0) is 4.79 Å². The summed E-state index contributed by atoms with van der Waals surface area (Å²) in [7, 11) is 0. The lowest BCUT2D eigenvalue weighted by Gasteiger charge is -2.57. The SMILES string of the molecule is Cc1ccc2[nH]c(C3CCN(C(=O)CC45CC6CC(CC(C6)C4)C5)CC3)c(C)c2c1. The predicted molar refractivity (Wildman–Crippen MR) is 122 cm³/mol. The molecule has 3 nitrogen and oxygen atoms in total. The normalized spacial score (nSPS) is 33.5. The number of hydrogen-bond donors (Lipinski definition) is 1. The van der Waals surface area contributed by atoms with Crippen LogP contribution in [0.3, 0.4) is 0 Å². The molecule has 160 valence electrons. The number of hydrogen-bond acceptors (Lipinski definition) is 1. The van der Waals surface area contributed by atoms with E-state index >= 15 is 0 Å². The third-order valence-electron chi connectivity index (χ3n) is 9.20. The highest BCUT2D eigenvalue weighted by atomic mass is 16.2. The van der Waals surface area contributed by atoms with Crippen molar-refractivity contribution in [3.05, 3.63) is 35.0 Å². The summed E-state index contributed by atoms with van der Waals surface area (Å²) in [5, 5.41) is 1.37. The summed E-state index contributed by atoms with van der Waals surface area (Å²) >= 11 is 0. The Kier molecular flexibility index (Phi) is 4.34. The zero-order valence-corrected chi connectivity index (χ0v) is 18.7. The van der Waals surface area contributed by atoms with Crippen LogP contribution in [0.15, 0.2) is 18.2 Å². The number of nitrogens with one attached hydrogen (secondary N) is 1. The van der Waals surface area contributed by atoms with E-state index in [0.717, 1.165) is 50.1 Å². The first kappa shape index (κ1) is 19.0. The Hall–Kier alpha value is -1.77. The van der Waals surface area contributed by atoms with Crippen LogP contribution in [0.5, 0.6) is 0 Å².